The average molecular weight is 391 g/mol. The summed E-state index contributed by atoms with van der Waals surface area (Å²) in [6, 6.07) is 19.1. The molecule has 0 spiro atoms. The van der Waals surface area contributed by atoms with Crippen LogP contribution in [0.4, 0.5) is 5.69 Å². The highest BCUT2D eigenvalue weighted by atomic mass is 32.2. The van der Waals surface area contributed by atoms with Gasteiger partial charge in [0.25, 0.3) is 5.91 Å². The molecule has 1 aliphatic rings. The Bertz CT molecular complexity index is 946. The number of carbonyl (C=O) groups is 2. The molecule has 0 aliphatic carbocycles. The Kier molecular flexibility index (Phi) is 6.17. The standard InChI is InChI=1S/C22H21N3O2S/c1-3-16-9-11-18(12-10-16)25-21(27)15(2)28-22(25)19(13-23)20(26)24-14-17-7-5-4-6-8-17/h4-12,15H,3,14H2,1-2H3,(H,24,26)/b22-19-. The minimum absolute atomic E-state index is 0.0433. The minimum atomic E-state index is -0.481. The largest absolute Gasteiger partial charge is 0.347 e. The summed E-state index contributed by atoms with van der Waals surface area (Å²) in [5, 5.41) is 12.5. The van der Waals surface area contributed by atoms with E-state index in [1.54, 1.807) is 6.92 Å². The summed E-state index contributed by atoms with van der Waals surface area (Å²) in [6.07, 6.45) is 0.896. The van der Waals surface area contributed by atoms with Gasteiger partial charge >= 0.3 is 0 Å². The van der Waals surface area contributed by atoms with Gasteiger partial charge < -0.3 is 5.32 Å². The summed E-state index contributed by atoms with van der Waals surface area (Å²) >= 11 is 1.24. The van der Waals surface area contributed by atoms with E-state index in [1.807, 2.05) is 60.7 Å². The lowest BCUT2D eigenvalue weighted by molar-refractivity contribution is -0.117. The van der Waals surface area contributed by atoms with Crippen LogP contribution in [-0.2, 0) is 22.6 Å². The van der Waals surface area contributed by atoms with Crippen LogP contribution in [0.3, 0.4) is 0 Å². The van der Waals surface area contributed by atoms with E-state index in [4.69, 9.17) is 0 Å². The Morgan fingerprint density at radius 1 is 1.14 bits per heavy atom. The summed E-state index contributed by atoms with van der Waals surface area (Å²) in [6.45, 7) is 4.16. The molecule has 0 aromatic heterocycles. The van der Waals surface area contributed by atoms with Gasteiger partial charge in [0.05, 0.1) is 5.25 Å². The molecular weight excluding hydrogens is 370 g/mol. The summed E-state index contributed by atoms with van der Waals surface area (Å²) in [5.74, 6) is -0.612. The van der Waals surface area contributed by atoms with E-state index in [0.717, 1.165) is 17.5 Å². The van der Waals surface area contributed by atoms with Gasteiger partial charge in [-0.25, -0.2) is 0 Å². The maximum Gasteiger partial charge on any atom is 0.264 e. The Morgan fingerprint density at radius 2 is 1.82 bits per heavy atom. The van der Waals surface area contributed by atoms with Crippen molar-refractivity contribution in [2.75, 3.05) is 4.90 Å². The lowest BCUT2D eigenvalue weighted by Gasteiger charge is -2.19. The molecule has 6 heteroatoms. The van der Waals surface area contributed by atoms with E-state index in [-0.39, 0.29) is 16.7 Å². The Labute approximate surface area is 169 Å². The maximum atomic E-state index is 12.7. The molecule has 0 bridgehead atoms. The van der Waals surface area contributed by atoms with Gasteiger partial charge in [0.1, 0.15) is 16.7 Å². The number of aryl methyl sites for hydroxylation is 1. The zero-order valence-electron chi connectivity index (χ0n) is 15.8. The summed E-state index contributed by atoms with van der Waals surface area (Å²) < 4.78 is 0. The van der Waals surface area contributed by atoms with Crippen LogP contribution in [0.2, 0.25) is 0 Å². The lowest BCUT2D eigenvalue weighted by Crippen LogP contribution is -2.30. The Balaban J connectivity index is 1.90. The van der Waals surface area contributed by atoms with Gasteiger partial charge in [-0.05, 0) is 36.6 Å². The van der Waals surface area contributed by atoms with E-state index < -0.39 is 5.91 Å². The van der Waals surface area contributed by atoms with Crippen LogP contribution in [-0.4, -0.2) is 17.1 Å². The Morgan fingerprint density at radius 3 is 2.43 bits per heavy atom. The average Bonchev–Trinajstić information content (AvgIpc) is 3.02. The zero-order chi connectivity index (χ0) is 20.1. The molecule has 2 aromatic carbocycles. The number of amides is 2. The molecule has 1 aliphatic heterocycles. The molecule has 1 N–H and O–H groups in total. The molecule has 5 nitrogen and oxygen atoms in total. The van der Waals surface area contributed by atoms with Gasteiger partial charge in [-0.1, -0.05) is 61.2 Å². The first-order valence-corrected chi connectivity index (χ1v) is 9.99. The SMILES string of the molecule is CCc1ccc(N2C(=O)C(C)S/C2=C(/C#N)C(=O)NCc2ccccc2)cc1. The summed E-state index contributed by atoms with van der Waals surface area (Å²) in [5.41, 5.74) is 2.72. The van der Waals surface area contributed by atoms with Gasteiger partial charge in [0.2, 0.25) is 5.91 Å². The van der Waals surface area contributed by atoms with Crippen molar-refractivity contribution in [3.05, 3.63) is 76.3 Å². The van der Waals surface area contributed by atoms with Crippen molar-refractivity contribution < 1.29 is 9.59 Å². The molecule has 0 radical (unpaired) electrons. The fourth-order valence-electron chi connectivity index (χ4n) is 2.91. The Hall–Kier alpha value is -3.04. The topological polar surface area (TPSA) is 73.2 Å². The van der Waals surface area contributed by atoms with Gasteiger partial charge in [-0.2, -0.15) is 5.26 Å². The van der Waals surface area contributed by atoms with Gasteiger partial charge in [-0.3, -0.25) is 14.5 Å². The molecule has 2 aromatic rings. The van der Waals surface area contributed by atoms with Crippen molar-refractivity contribution in [2.24, 2.45) is 0 Å². The molecule has 1 heterocycles. The number of hydrogen-bond acceptors (Lipinski definition) is 4. The van der Waals surface area contributed by atoms with Gasteiger partial charge in [0.15, 0.2) is 0 Å². The number of nitrogens with zero attached hydrogens (tertiary/aromatic N) is 2. The third-order valence-electron chi connectivity index (χ3n) is 4.51. The molecule has 1 atom stereocenters. The van der Waals surface area contributed by atoms with Crippen LogP contribution in [0, 0.1) is 11.3 Å². The number of rotatable bonds is 5. The number of thioether (sulfide) groups is 1. The molecule has 0 saturated carbocycles. The lowest BCUT2D eigenvalue weighted by atomic mass is 10.1. The monoisotopic (exact) mass is 391 g/mol. The summed E-state index contributed by atoms with van der Waals surface area (Å²) in [7, 11) is 0. The number of anilines is 1. The molecule has 1 saturated heterocycles. The molecule has 2 amide bonds. The fourth-order valence-corrected chi connectivity index (χ4v) is 4.01. The van der Waals surface area contributed by atoms with E-state index in [1.165, 1.54) is 16.7 Å². The van der Waals surface area contributed by atoms with Crippen molar-refractivity contribution >= 4 is 29.3 Å². The normalized spacial score (nSPS) is 18.0. The fraction of sp³-hybridized carbons (Fsp3) is 0.227. The molecule has 142 valence electrons. The van der Waals surface area contributed by atoms with Crippen LogP contribution in [0.1, 0.15) is 25.0 Å². The predicted octanol–water partition coefficient (Wildman–Crippen LogP) is 3.77. The number of hydrogen-bond donors (Lipinski definition) is 1. The minimum Gasteiger partial charge on any atom is -0.347 e. The van der Waals surface area contributed by atoms with Crippen molar-refractivity contribution in [3.63, 3.8) is 0 Å². The van der Waals surface area contributed by atoms with Crippen LogP contribution in [0.5, 0.6) is 0 Å². The highest BCUT2D eigenvalue weighted by molar-refractivity contribution is 8.05. The molecular formula is C22H21N3O2S. The smallest absolute Gasteiger partial charge is 0.264 e. The number of benzene rings is 2. The van der Waals surface area contributed by atoms with Crippen LogP contribution in [0.25, 0.3) is 0 Å². The number of carbonyl (C=O) groups excluding carboxylic acids is 2. The quantitative estimate of drug-likeness (QED) is 0.622. The third-order valence-corrected chi connectivity index (χ3v) is 5.68. The van der Waals surface area contributed by atoms with Crippen LogP contribution >= 0.6 is 11.8 Å². The van der Waals surface area contributed by atoms with E-state index in [2.05, 4.69) is 12.2 Å². The number of nitriles is 1. The van der Waals surface area contributed by atoms with Gasteiger partial charge in [0, 0.05) is 12.2 Å². The van der Waals surface area contributed by atoms with Gasteiger partial charge in [-0.15, -0.1) is 0 Å². The maximum absolute atomic E-state index is 12.7. The van der Waals surface area contributed by atoms with E-state index in [0.29, 0.717) is 17.3 Å². The van der Waals surface area contributed by atoms with E-state index >= 15 is 0 Å². The zero-order valence-corrected chi connectivity index (χ0v) is 16.6. The van der Waals surface area contributed by atoms with Crippen molar-refractivity contribution in [3.8, 4) is 6.07 Å². The molecule has 3 rings (SSSR count). The number of nitrogens with one attached hydrogen (secondary N) is 1. The highest BCUT2D eigenvalue weighted by Gasteiger charge is 2.38. The first kappa shape index (κ1) is 19.7. The van der Waals surface area contributed by atoms with Crippen molar-refractivity contribution in [2.45, 2.75) is 32.1 Å². The highest BCUT2D eigenvalue weighted by Crippen LogP contribution is 2.40. The predicted molar refractivity (Wildman–Crippen MR) is 111 cm³/mol. The first-order valence-electron chi connectivity index (χ1n) is 9.11. The van der Waals surface area contributed by atoms with Crippen LogP contribution < -0.4 is 10.2 Å². The first-order chi connectivity index (χ1) is 13.5. The van der Waals surface area contributed by atoms with Crippen LogP contribution in [0.15, 0.2) is 65.2 Å². The second-order valence-corrected chi connectivity index (χ2v) is 7.74. The van der Waals surface area contributed by atoms with Crippen molar-refractivity contribution in [1.29, 1.82) is 5.26 Å². The second-order valence-electron chi connectivity index (χ2n) is 6.41. The second kappa shape index (κ2) is 8.77. The molecule has 28 heavy (non-hydrogen) atoms. The van der Waals surface area contributed by atoms with Crippen molar-refractivity contribution in [1.82, 2.24) is 5.32 Å². The molecule has 1 fully saturated rings. The molecule has 1 unspecified atom stereocenters. The summed E-state index contributed by atoms with van der Waals surface area (Å²) in [4.78, 5) is 26.9. The van der Waals surface area contributed by atoms with E-state index in [9.17, 15) is 14.9 Å². The third kappa shape index (κ3) is 4.10.